The third-order valence-electron chi connectivity index (χ3n) is 3.16. The number of unbranched alkanes of at least 4 members (excludes halogenated alkanes) is 11. The summed E-state index contributed by atoms with van der Waals surface area (Å²) in [7, 11) is -0.331. The van der Waals surface area contributed by atoms with E-state index in [9.17, 15) is 0 Å². The average Bonchev–Trinajstić information content (AvgIpc) is 2.35. The summed E-state index contributed by atoms with van der Waals surface area (Å²) in [6.07, 6.45) is 16.4. The third kappa shape index (κ3) is 16.4. The number of hydrogen-bond acceptors (Lipinski definition) is 2. The minimum absolute atomic E-state index is 0.331. The van der Waals surface area contributed by atoms with Crippen LogP contribution in [0.1, 0.15) is 84.0 Å². The van der Waals surface area contributed by atoms with Gasteiger partial charge in [0.1, 0.15) is 0 Å². The first-order valence-electron chi connectivity index (χ1n) is 7.42. The fraction of sp³-hybridized carbons (Fsp3) is 1.00. The van der Waals surface area contributed by atoms with E-state index < -0.39 is 0 Å². The monoisotopic (exact) mass is 262 g/mol. The van der Waals surface area contributed by atoms with Gasteiger partial charge in [0.15, 0.2) is 9.03 Å². The maximum Gasteiger partial charge on any atom is 0.152 e. The van der Waals surface area contributed by atoms with Gasteiger partial charge in [-0.25, -0.2) is 0 Å². The molecule has 0 aliphatic carbocycles. The van der Waals surface area contributed by atoms with E-state index in [1.54, 1.807) is 0 Å². The lowest BCUT2D eigenvalue weighted by atomic mass is 10.1. The standard InChI is InChI=1S/C14H31O2P/c1-2-3-4-5-6-7-8-9-10-11-12-13-14-16-17-15/h15,17H,2-14H2,1H3. The molecule has 0 spiro atoms. The van der Waals surface area contributed by atoms with Crippen LogP contribution in [0.2, 0.25) is 0 Å². The van der Waals surface area contributed by atoms with E-state index >= 15 is 0 Å². The molecule has 0 rings (SSSR count). The minimum atomic E-state index is -0.331. The zero-order valence-corrected chi connectivity index (χ0v) is 12.5. The Bertz CT molecular complexity index is 117. The summed E-state index contributed by atoms with van der Waals surface area (Å²) in [4.78, 5) is 8.45. The zero-order chi connectivity index (χ0) is 12.6. The average molecular weight is 262 g/mol. The quantitative estimate of drug-likeness (QED) is 0.344. The molecule has 0 aromatic heterocycles. The van der Waals surface area contributed by atoms with Crippen LogP contribution in [0.15, 0.2) is 0 Å². The van der Waals surface area contributed by atoms with Crippen molar-refractivity contribution in [2.75, 3.05) is 6.61 Å². The molecule has 0 bridgehead atoms. The summed E-state index contributed by atoms with van der Waals surface area (Å²) in [6, 6.07) is 0. The Morgan fingerprint density at radius 3 is 1.53 bits per heavy atom. The van der Waals surface area contributed by atoms with Crippen molar-refractivity contribution in [2.45, 2.75) is 84.0 Å². The van der Waals surface area contributed by atoms with Crippen molar-refractivity contribution >= 4 is 9.03 Å². The molecule has 0 aromatic carbocycles. The molecule has 2 nitrogen and oxygen atoms in total. The highest BCUT2D eigenvalue weighted by molar-refractivity contribution is 7.24. The molecule has 0 aliphatic heterocycles. The van der Waals surface area contributed by atoms with E-state index in [4.69, 9.17) is 9.42 Å². The molecule has 104 valence electrons. The van der Waals surface area contributed by atoms with Crippen LogP contribution >= 0.6 is 9.03 Å². The smallest absolute Gasteiger partial charge is 0.152 e. The van der Waals surface area contributed by atoms with Gasteiger partial charge in [0.05, 0.1) is 6.61 Å². The summed E-state index contributed by atoms with van der Waals surface area (Å²) >= 11 is 0. The summed E-state index contributed by atoms with van der Waals surface area (Å²) < 4.78 is 4.91. The van der Waals surface area contributed by atoms with E-state index in [2.05, 4.69) is 6.92 Å². The second kappa shape index (κ2) is 16.4. The Morgan fingerprint density at radius 1 is 0.706 bits per heavy atom. The third-order valence-corrected chi connectivity index (χ3v) is 3.50. The van der Waals surface area contributed by atoms with Crippen LogP contribution in [-0.4, -0.2) is 11.5 Å². The van der Waals surface area contributed by atoms with Gasteiger partial charge in [-0.05, 0) is 6.42 Å². The van der Waals surface area contributed by atoms with Crippen molar-refractivity contribution in [1.82, 2.24) is 0 Å². The molecule has 0 aliphatic rings. The molecule has 0 heterocycles. The first-order chi connectivity index (χ1) is 8.41. The van der Waals surface area contributed by atoms with Crippen molar-refractivity contribution in [1.29, 1.82) is 0 Å². The molecule has 0 aromatic rings. The van der Waals surface area contributed by atoms with Crippen LogP contribution in [0.25, 0.3) is 0 Å². The molecule has 0 saturated carbocycles. The van der Waals surface area contributed by atoms with E-state index in [-0.39, 0.29) is 9.03 Å². The molecule has 0 radical (unpaired) electrons. The predicted octanol–water partition coefficient (Wildman–Crippen LogP) is 5.20. The molecule has 1 atom stereocenters. The van der Waals surface area contributed by atoms with Gasteiger partial charge >= 0.3 is 0 Å². The molecule has 3 heteroatoms. The largest absolute Gasteiger partial charge is 0.352 e. The highest BCUT2D eigenvalue weighted by atomic mass is 31.1. The second-order valence-electron chi connectivity index (χ2n) is 4.83. The Kier molecular flexibility index (Phi) is 16.7. The van der Waals surface area contributed by atoms with E-state index in [0.29, 0.717) is 0 Å². The van der Waals surface area contributed by atoms with Gasteiger partial charge < -0.3 is 9.42 Å². The van der Waals surface area contributed by atoms with Crippen LogP contribution < -0.4 is 0 Å². The maximum atomic E-state index is 8.45. The first-order valence-corrected chi connectivity index (χ1v) is 8.28. The predicted molar refractivity (Wildman–Crippen MR) is 77.6 cm³/mol. The highest BCUT2D eigenvalue weighted by Gasteiger charge is 1.93. The number of hydrogen-bond donors (Lipinski definition) is 1. The van der Waals surface area contributed by atoms with Crippen molar-refractivity contribution in [3.8, 4) is 0 Å². The molecular formula is C14H31O2P. The van der Waals surface area contributed by atoms with Gasteiger partial charge in [0.25, 0.3) is 0 Å². The molecule has 17 heavy (non-hydrogen) atoms. The molecule has 0 saturated heterocycles. The molecule has 1 unspecified atom stereocenters. The van der Waals surface area contributed by atoms with Crippen LogP contribution in [0, 0.1) is 0 Å². The lowest BCUT2D eigenvalue weighted by molar-refractivity contribution is 0.313. The van der Waals surface area contributed by atoms with E-state index in [0.717, 1.165) is 13.0 Å². The summed E-state index contributed by atoms with van der Waals surface area (Å²) in [5, 5.41) is 0. The van der Waals surface area contributed by atoms with Gasteiger partial charge in [-0.2, -0.15) is 0 Å². The van der Waals surface area contributed by atoms with Gasteiger partial charge in [-0.15, -0.1) is 0 Å². The lowest BCUT2D eigenvalue weighted by Crippen LogP contribution is -1.86. The Hall–Kier alpha value is 0.350. The Labute approximate surface area is 109 Å². The van der Waals surface area contributed by atoms with Crippen molar-refractivity contribution < 1.29 is 9.42 Å². The lowest BCUT2D eigenvalue weighted by Gasteiger charge is -2.02. The van der Waals surface area contributed by atoms with Crippen LogP contribution in [0.4, 0.5) is 0 Å². The zero-order valence-electron chi connectivity index (χ0n) is 11.5. The van der Waals surface area contributed by atoms with Crippen LogP contribution in [-0.2, 0) is 4.52 Å². The van der Waals surface area contributed by atoms with Gasteiger partial charge in [0.2, 0.25) is 0 Å². The van der Waals surface area contributed by atoms with Crippen molar-refractivity contribution in [3.63, 3.8) is 0 Å². The van der Waals surface area contributed by atoms with Gasteiger partial charge in [0, 0.05) is 0 Å². The summed E-state index contributed by atoms with van der Waals surface area (Å²) in [6.45, 7) is 3.00. The molecular weight excluding hydrogens is 231 g/mol. The Balaban J connectivity index is 2.85. The first kappa shape index (κ1) is 17.4. The number of rotatable bonds is 14. The molecule has 0 amide bonds. The van der Waals surface area contributed by atoms with Crippen LogP contribution in [0.5, 0.6) is 0 Å². The Morgan fingerprint density at radius 2 is 1.12 bits per heavy atom. The summed E-state index contributed by atoms with van der Waals surface area (Å²) in [5.74, 6) is 0. The normalized spacial score (nSPS) is 11.6. The molecule has 0 fully saturated rings. The van der Waals surface area contributed by atoms with Gasteiger partial charge in [-0.1, -0.05) is 77.6 Å². The SMILES string of the molecule is CCCCCCCCCCCCCCOPO. The van der Waals surface area contributed by atoms with E-state index in [1.165, 1.54) is 70.6 Å². The highest BCUT2D eigenvalue weighted by Crippen LogP contribution is 2.12. The molecule has 1 N–H and O–H groups in total. The fourth-order valence-corrected chi connectivity index (χ4v) is 2.30. The topological polar surface area (TPSA) is 29.5 Å². The fourth-order valence-electron chi connectivity index (χ4n) is 2.06. The minimum Gasteiger partial charge on any atom is -0.352 e. The van der Waals surface area contributed by atoms with Crippen molar-refractivity contribution in [2.24, 2.45) is 0 Å². The summed E-state index contributed by atoms with van der Waals surface area (Å²) in [5.41, 5.74) is 0. The maximum absolute atomic E-state index is 8.45. The van der Waals surface area contributed by atoms with Crippen molar-refractivity contribution in [3.05, 3.63) is 0 Å². The van der Waals surface area contributed by atoms with E-state index in [1.807, 2.05) is 0 Å². The van der Waals surface area contributed by atoms with Gasteiger partial charge in [-0.3, -0.25) is 0 Å². The second-order valence-corrected chi connectivity index (χ2v) is 5.30. The van der Waals surface area contributed by atoms with Crippen LogP contribution in [0.3, 0.4) is 0 Å².